The Bertz CT molecular complexity index is 470. The summed E-state index contributed by atoms with van der Waals surface area (Å²) < 4.78 is 0.736. The van der Waals surface area contributed by atoms with Gasteiger partial charge >= 0.3 is 5.97 Å². The fraction of sp³-hybridized carbons (Fsp3) is 0.500. The van der Waals surface area contributed by atoms with E-state index in [1.54, 1.807) is 12.1 Å². The third kappa shape index (κ3) is 3.48. The summed E-state index contributed by atoms with van der Waals surface area (Å²) in [5.74, 6) is -0.943. The highest BCUT2D eigenvalue weighted by Gasteiger charge is 2.32. The second-order valence-corrected chi connectivity index (χ2v) is 6.17. The molecule has 4 nitrogen and oxygen atoms in total. The van der Waals surface area contributed by atoms with E-state index in [0.29, 0.717) is 6.54 Å². The Morgan fingerprint density at radius 3 is 2.58 bits per heavy atom. The van der Waals surface area contributed by atoms with E-state index in [0.717, 1.165) is 35.8 Å². The summed E-state index contributed by atoms with van der Waals surface area (Å²) in [6.07, 6.45) is 4.36. The molecule has 1 aliphatic carbocycles. The molecule has 0 aromatic heterocycles. The lowest BCUT2D eigenvalue weighted by Crippen LogP contribution is -2.30. The van der Waals surface area contributed by atoms with Crippen LogP contribution in [0.1, 0.15) is 36.0 Å². The highest BCUT2D eigenvalue weighted by atomic mass is 79.9. The summed E-state index contributed by atoms with van der Waals surface area (Å²) in [5, 5.41) is 21.8. The summed E-state index contributed by atoms with van der Waals surface area (Å²) >= 11 is 3.31. The SMILES string of the molecule is O=C(O)c1cc(Br)cc(NCC2(CO)CCCC2)c1. The molecule has 0 amide bonds. The third-order valence-electron chi connectivity index (χ3n) is 3.81. The number of aliphatic hydroxyl groups excluding tert-OH is 1. The van der Waals surface area contributed by atoms with Crippen molar-refractivity contribution in [3.8, 4) is 0 Å². The molecule has 1 aromatic rings. The molecule has 0 saturated heterocycles. The molecule has 1 aliphatic rings. The quantitative estimate of drug-likeness (QED) is 0.777. The molecule has 2 rings (SSSR count). The molecule has 1 fully saturated rings. The summed E-state index contributed by atoms with van der Waals surface area (Å²) in [7, 11) is 0. The maximum Gasteiger partial charge on any atom is 0.335 e. The van der Waals surface area contributed by atoms with E-state index < -0.39 is 5.97 Å². The number of carboxylic acid groups (broad SMARTS) is 1. The van der Waals surface area contributed by atoms with Gasteiger partial charge in [0.2, 0.25) is 0 Å². The van der Waals surface area contributed by atoms with Gasteiger partial charge in [0.05, 0.1) is 12.2 Å². The van der Waals surface area contributed by atoms with Gasteiger partial charge in [-0.15, -0.1) is 0 Å². The number of hydrogen-bond acceptors (Lipinski definition) is 3. The Hall–Kier alpha value is -1.07. The van der Waals surface area contributed by atoms with Gasteiger partial charge in [0.15, 0.2) is 0 Å². The van der Waals surface area contributed by atoms with Gasteiger partial charge in [0.25, 0.3) is 0 Å². The van der Waals surface area contributed by atoms with Gasteiger partial charge in [-0.2, -0.15) is 0 Å². The molecule has 0 radical (unpaired) electrons. The van der Waals surface area contributed by atoms with Crippen LogP contribution in [0.3, 0.4) is 0 Å². The summed E-state index contributed by atoms with van der Waals surface area (Å²) in [6.45, 7) is 0.860. The molecule has 1 aromatic carbocycles. The number of aromatic carboxylic acids is 1. The summed E-state index contributed by atoms with van der Waals surface area (Å²) in [6, 6.07) is 5.05. The predicted octanol–water partition coefficient (Wildman–Crippen LogP) is 3.11. The number of benzene rings is 1. The lowest BCUT2D eigenvalue weighted by Gasteiger charge is -2.27. The maximum atomic E-state index is 11.0. The third-order valence-corrected chi connectivity index (χ3v) is 4.27. The van der Waals surface area contributed by atoms with Crippen LogP contribution < -0.4 is 5.32 Å². The predicted molar refractivity (Wildman–Crippen MR) is 77.6 cm³/mol. The van der Waals surface area contributed by atoms with Crippen LogP contribution in [0.5, 0.6) is 0 Å². The van der Waals surface area contributed by atoms with Crippen molar-refractivity contribution in [3.05, 3.63) is 28.2 Å². The molecule has 0 bridgehead atoms. The van der Waals surface area contributed by atoms with E-state index >= 15 is 0 Å². The number of carbonyl (C=O) groups is 1. The molecule has 0 unspecified atom stereocenters. The van der Waals surface area contributed by atoms with Crippen LogP contribution in [-0.4, -0.2) is 29.3 Å². The summed E-state index contributed by atoms with van der Waals surface area (Å²) in [5.41, 5.74) is 0.971. The van der Waals surface area contributed by atoms with Gasteiger partial charge in [-0.05, 0) is 31.0 Å². The van der Waals surface area contributed by atoms with Crippen molar-refractivity contribution in [2.75, 3.05) is 18.5 Å². The number of aliphatic hydroxyl groups is 1. The van der Waals surface area contributed by atoms with Gasteiger partial charge in [0, 0.05) is 22.1 Å². The molecular formula is C14H18BrNO3. The average molecular weight is 328 g/mol. The first-order valence-corrected chi connectivity index (χ1v) is 7.23. The van der Waals surface area contributed by atoms with Crippen LogP contribution in [0, 0.1) is 5.41 Å². The molecule has 19 heavy (non-hydrogen) atoms. The van der Waals surface area contributed by atoms with Gasteiger partial charge in [-0.25, -0.2) is 4.79 Å². The monoisotopic (exact) mass is 327 g/mol. The number of halogens is 1. The topological polar surface area (TPSA) is 69.6 Å². The standard InChI is InChI=1S/C14H18BrNO3/c15-11-5-10(13(18)19)6-12(7-11)16-8-14(9-17)3-1-2-4-14/h5-7,16-17H,1-4,8-9H2,(H,18,19). The molecule has 104 valence electrons. The van der Waals surface area contributed by atoms with Crippen LogP contribution in [0.2, 0.25) is 0 Å². The molecule has 1 saturated carbocycles. The van der Waals surface area contributed by atoms with Crippen molar-refractivity contribution < 1.29 is 15.0 Å². The first kappa shape index (κ1) is 14.3. The average Bonchev–Trinajstić information content (AvgIpc) is 2.85. The van der Waals surface area contributed by atoms with E-state index in [1.165, 1.54) is 0 Å². The molecule has 5 heteroatoms. The fourth-order valence-corrected chi connectivity index (χ4v) is 3.11. The highest BCUT2D eigenvalue weighted by Crippen LogP contribution is 2.37. The fourth-order valence-electron chi connectivity index (χ4n) is 2.62. The maximum absolute atomic E-state index is 11.0. The molecule has 0 spiro atoms. The van der Waals surface area contributed by atoms with Crippen LogP contribution in [0.15, 0.2) is 22.7 Å². The second kappa shape index (κ2) is 5.92. The van der Waals surface area contributed by atoms with Gasteiger partial charge in [0.1, 0.15) is 0 Å². The molecule has 0 heterocycles. The molecule has 3 N–H and O–H groups in total. The van der Waals surface area contributed by atoms with Crippen molar-refractivity contribution in [3.63, 3.8) is 0 Å². The largest absolute Gasteiger partial charge is 0.478 e. The first-order chi connectivity index (χ1) is 9.04. The van der Waals surface area contributed by atoms with E-state index in [-0.39, 0.29) is 17.6 Å². The van der Waals surface area contributed by atoms with Crippen molar-refractivity contribution in [1.29, 1.82) is 0 Å². The zero-order chi connectivity index (χ0) is 13.9. The second-order valence-electron chi connectivity index (χ2n) is 5.25. The Labute approximate surface area is 121 Å². The van der Waals surface area contributed by atoms with Crippen LogP contribution in [-0.2, 0) is 0 Å². The number of hydrogen-bond donors (Lipinski definition) is 3. The van der Waals surface area contributed by atoms with Crippen molar-refractivity contribution in [1.82, 2.24) is 0 Å². The Kier molecular flexibility index (Phi) is 4.47. The van der Waals surface area contributed by atoms with Crippen molar-refractivity contribution in [2.24, 2.45) is 5.41 Å². The normalized spacial score (nSPS) is 17.4. The van der Waals surface area contributed by atoms with Crippen molar-refractivity contribution in [2.45, 2.75) is 25.7 Å². The van der Waals surface area contributed by atoms with E-state index in [1.807, 2.05) is 6.07 Å². The number of rotatable bonds is 5. The number of anilines is 1. The van der Waals surface area contributed by atoms with Crippen LogP contribution in [0.4, 0.5) is 5.69 Å². The van der Waals surface area contributed by atoms with Gasteiger partial charge < -0.3 is 15.5 Å². The lowest BCUT2D eigenvalue weighted by molar-refractivity contribution is 0.0697. The molecule has 0 atom stereocenters. The van der Waals surface area contributed by atoms with Crippen molar-refractivity contribution >= 4 is 27.6 Å². The van der Waals surface area contributed by atoms with Crippen LogP contribution >= 0.6 is 15.9 Å². The van der Waals surface area contributed by atoms with E-state index in [4.69, 9.17) is 5.11 Å². The molecular weight excluding hydrogens is 310 g/mol. The minimum absolute atomic E-state index is 0.0499. The van der Waals surface area contributed by atoms with Gasteiger partial charge in [-0.3, -0.25) is 0 Å². The Morgan fingerprint density at radius 2 is 2.00 bits per heavy atom. The first-order valence-electron chi connectivity index (χ1n) is 6.43. The zero-order valence-corrected chi connectivity index (χ0v) is 12.2. The Morgan fingerprint density at radius 1 is 1.32 bits per heavy atom. The number of carboxylic acids is 1. The van der Waals surface area contributed by atoms with E-state index in [2.05, 4.69) is 21.2 Å². The van der Waals surface area contributed by atoms with Gasteiger partial charge in [-0.1, -0.05) is 28.8 Å². The van der Waals surface area contributed by atoms with Crippen LogP contribution in [0.25, 0.3) is 0 Å². The highest BCUT2D eigenvalue weighted by molar-refractivity contribution is 9.10. The summed E-state index contributed by atoms with van der Waals surface area (Å²) in [4.78, 5) is 11.0. The Balaban J connectivity index is 2.08. The smallest absolute Gasteiger partial charge is 0.335 e. The lowest BCUT2D eigenvalue weighted by atomic mass is 9.87. The zero-order valence-electron chi connectivity index (χ0n) is 10.7. The minimum Gasteiger partial charge on any atom is -0.478 e. The minimum atomic E-state index is -0.943. The molecule has 0 aliphatic heterocycles. The van der Waals surface area contributed by atoms with E-state index in [9.17, 15) is 9.90 Å². The number of nitrogens with one attached hydrogen (secondary N) is 1.